The number of imide groups is 1. The lowest BCUT2D eigenvalue weighted by molar-refractivity contribution is 0.00785. The Hall–Kier alpha value is -4.34. The summed E-state index contributed by atoms with van der Waals surface area (Å²) in [4.78, 5) is 33.6. The number of nitriles is 1. The summed E-state index contributed by atoms with van der Waals surface area (Å²) in [6.45, 7) is 5.48. The van der Waals surface area contributed by atoms with E-state index in [0.717, 1.165) is 4.90 Å². The average Bonchev–Trinajstić information content (AvgIpc) is 3.49. The van der Waals surface area contributed by atoms with E-state index in [1.54, 1.807) is 37.9 Å². The first kappa shape index (κ1) is 26.3. The molecule has 3 aromatic rings. The lowest BCUT2D eigenvalue weighted by atomic mass is 10.0. The molecule has 1 fully saturated rings. The molecule has 12 heteroatoms. The number of hydrogen-bond donors (Lipinski definition) is 2. The Labute approximate surface area is 223 Å². The molecule has 2 amide bonds. The predicted octanol–water partition coefficient (Wildman–Crippen LogP) is 2.77. The highest BCUT2D eigenvalue weighted by Crippen LogP contribution is 2.34. The molecular formula is C27H27FN6O5. The molecule has 0 spiro atoms. The quantitative estimate of drug-likeness (QED) is 0.518. The van der Waals surface area contributed by atoms with Crippen molar-refractivity contribution < 1.29 is 28.9 Å². The maximum atomic E-state index is 15.0. The lowest BCUT2D eigenvalue weighted by Crippen LogP contribution is -2.46. The molecule has 0 aliphatic carbocycles. The highest BCUT2D eigenvalue weighted by atomic mass is 19.1. The van der Waals surface area contributed by atoms with E-state index >= 15 is 0 Å². The van der Waals surface area contributed by atoms with Crippen LogP contribution in [0.2, 0.25) is 0 Å². The molecule has 2 atom stereocenters. The highest BCUT2D eigenvalue weighted by molar-refractivity contribution is 6.08. The molecule has 1 aromatic carbocycles. The second-order valence-corrected chi connectivity index (χ2v) is 10.5. The minimum Gasteiger partial charge on any atom is -0.443 e. The topological polar surface area (TPSA) is 145 Å². The van der Waals surface area contributed by atoms with Gasteiger partial charge >= 0.3 is 6.09 Å². The maximum Gasteiger partial charge on any atom is 0.417 e. The van der Waals surface area contributed by atoms with Crippen LogP contribution in [0.15, 0.2) is 36.5 Å². The van der Waals surface area contributed by atoms with E-state index < -0.39 is 35.6 Å². The van der Waals surface area contributed by atoms with Gasteiger partial charge in [-0.1, -0.05) is 6.07 Å². The molecule has 39 heavy (non-hydrogen) atoms. The molecule has 202 valence electrons. The van der Waals surface area contributed by atoms with Gasteiger partial charge in [0, 0.05) is 25.4 Å². The zero-order valence-corrected chi connectivity index (χ0v) is 21.6. The van der Waals surface area contributed by atoms with Gasteiger partial charge in [-0.25, -0.2) is 23.8 Å². The van der Waals surface area contributed by atoms with E-state index in [9.17, 15) is 29.5 Å². The third-order valence-corrected chi connectivity index (χ3v) is 6.54. The lowest BCUT2D eigenvalue weighted by Gasteiger charge is -2.33. The molecule has 0 saturated carbocycles. The van der Waals surface area contributed by atoms with Crippen LogP contribution in [-0.2, 0) is 11.3 Å². The fourth-order valence-corrected chi connectivity index (χ4v) is 4.68. The first-order chi connectivity index (χ1) is 18.5. The number of aliphatic hydroxyl groups is 2. The number of ether oxygens (including phenoxy) is 1. The van der Waals surface area contributed by atoms with Crippen molar-refractivity contribution in [2.45, 2.75) is 51.5 Å². The number of aromatic nitrogens is 3. The number of pyridine rings is 1. The van der Waals surface area contributed by atoms with Gasteiger partial charge in [-0.2, -0.15) is 10.4 Å². The summed E-state index contributed by atoms with van der Waals surface area (Å²) >= 11 is 0. The van der Waals surface area contributed by atoms with Crippen LogP contribution >= 0.6 is 0 Å². The molecule has 1 saturated heterocycles. The van der Waals surface area contributed by atoms with Crippen LogP contribution in [-0.4, -0.2) is 72.8 Å². The number of fused-ring (bicyclic) bond motifs is 1. The predicted molar refractivity (Wildman–Crippen MR) is 136 cm³/mol. The van der Waals surface area contributed by atoms with Crippen molar-refractivity contribution in [1.82, 2.24) is 19.7 Å². The largest absolute Gasteiger partial charge is 0.443 e. The smallest absolute Gasteiger partial charge is 0.417 e. The summed E-state index contributed by atoms with van der Waals surface area (Å²) in [6.07, 6.45) is -0.641. The second kappa shape index (κ2) is 9.76. The SMILES string of the molecule is CC(C)(C)OC(=O)N1Cc2nc(-c3c(F)cccc3C#N)cc(-n3ccc(N4CC[C@@H](O)[C@@H](O)C4)n3)c2C1=O. The van der Waals surface area contributed by atoms with E-state index in [0.29, 0.717) is 18.8 Å². The summed E-state index contributed by atoms with van der Waals surface area (Å²) in [5, 5.41) is 34.2. The number of halogens is 1. The second-order valence-electron chi connectivity index (χ2n) is 10.5. The van der Waals surface area contributed by atoms with Crippen molar-refractivity contribution in [1.29, 1.82) is 5.26 Å². The summed E-state index contributed by atoms with van der Waals surface area (Å²) in [7, 11) is 0. The van der Waals surface area contributed by atoms with Gasteiger partial charge in [-0.15, -0.1) is 0 Å². The van der Waals surface area contributed by atoms with Gasteiger partial charge in [0.25, 0.3) is 5.91 Å². The van der Waals surface area contributed by atoms with Crippen LogP contribution in [0.3, 0.4) is 0 Å². The van der Waals surface area contributed by atoms with Crippen molar-refractivity contribution >= 4 is 17.8 Å². The van der Waals surface area contributed by atoms with Gasteiger partial charge in [-0.05, 0) is 45.4 Å². The first-order valence-corrected chi connectivity index (χ1v) is 12.4. The van der Waals surface area contributed by atoms with Crippen LogP contribution in [0, 0.1) is 17.1 Å². The maximum absolute atomic E-state index is 15.0. The number of carbonyl (C=O) groups is 2. The zero-order valence-electron chi connectivity index (χ0n) is 21.6. The Balaban J connectivity index is 1.62. The Kier molecular flexibility index (Phi) is 6.57. The normalized spacial score (nSPS) is 19.2. The number of rotatable bonds is 3. The third kappa shape index (κ3) is 4.94. The van der Waals surface area contributed by atoms with Crippen molar-refractivity contribution in [3.05, 3.63) is 59.2 Å². The number of aliphatic hydroxyl groups excluding tert-OH is 2. The van der Waals surface area contributed by atoms with Crippen LogP contribution in [0.1, 0.15) is 48.8 Å². The van der Waals surface area contributed by atoms with Gasteiger partial charge in [0.15, 0.2) is 5.82 Å². The Morgan fingerprint density at radius 3 is 2.67 bits per heavy atom. The van der Waals surface area contributed by atoms with Gasteiger partial charge in [-0.3, -0.25) is 4.79 Å². The van der Waals surface area contributed by atoms with E-state index in [-0.39, 0.29) is 46.9 Å². The summed E-state index contributed by atoms with van der Waals surface area (Å²) in [5.41, 5.74) is -0.169. The Morgan fingerprint density at radius 1 is 1.21 bits per heavy atom. The van der Waals surface area contributed by atoms with Crippen molar-refractivity contribution in [2.24, 2.45) is 0 Å². The number of benzene rings is 1. The van der Waals surface area contributed by atoms with Gasteiger partial charge in [0.05, 0.1) is 58.6 Å². The Morgan fingerprint density at radius 2 is 1.97 bits per heavy atom. The molecule has 2 aliphatic heterocycles. The van der Waals surface area contributed by atoms with Crippen LogP contribution in [0.5, 0.6) is 0 Å². The fourth-order valence-electron chi connectivity index (χ4n) is 4.68. The van der Waals surface area contributed by atoms with E-state index in [1.165, 1.54) is 28.9 Å². The summed E-state index contributed by atoms with van der Waals surface area (Å²) in [5.74, 6) is -0.815. The number of carbonyl (C=O) groups excluding carboxylic acids is 2. The number of β-amino-alcohol motifs (C(OH)–C–C–N with tert-alkyl or cyclic N) is 1. The molecule has 2 aromatic heterocycles. The molecule has 5 rings (SSSR count). The minimum atomic E-state index is -0.935. The monoisotopic (exact) mass is 534 g/mol. The molecule has 4 heterocycles. The number of anilines is 1. The van der Waals surface area contributed by atoms with Crippen LogP contribution in [0.4, 0.5) is 15.0 Å². The number of nitrogens with zero attached hydrogens (tertiary/aromatic N) is 6. The molecule has 0 unspecified atom stereocenters. The van der Waals surface area contributed by atoms with E-state index in [2.05, 4.69) is 10.1 Å². The molecule has 0 radical (unpaired) electrons. The van der Waals surface area contributed by atoms with E-state index in [1.807, 2.05) is 6.07 Å². The van der Waals surface area contributed by atoms with Crippen molar-refractivity contribution in [3.8, 4) is 23.0 Å². The number of piperidine rings is 1. The fraction of sp³-hybridized carbons (Fsp3) is 0.370. The summed E-state index contributed by atoms with van der Waals surface area (Å²) < 4.78 is 21.8. The summed E-state index contributed by atoms with van der Waals surface area (Å²) in [6, 6.07) is 9.22. The molecule has 11 nitrogen and oxygen atoms in total. The third-order valence-electron chi connectivity index (χ3n) is 6.54. The first-order valence-electron chi connectivity index (χ1n) is 12.4. The van der Waals surface area contributed by atoms with Crippen LogP contribution in [0.25, 0.3) is 16.9 Å². The molecule has 2 aliphatic rings. The molecule has 2 N–H and O–H groups in total. The van der Waals surface area contributed by atoms with Crippen molar-refractivity contribution in [2.75, 3.05) is 18.0 Å². The number of hydrogen-bond acceptors (Lipinski definition) is 9. The van der Waals surface area contributed by atoms with Gasteiger partial charge in [0.1, 0.15) is 11.4 Å². The van der Waals surface area contributed by atoms with Gasteiger partial charge in [0.2, 0.25) is 0 Å². The molecule has 0 bridgehead atoms. The molecular weight excluding hydrogens is 507 g/mol. The number of amides is 2. The van der Waals surface area contributed by atoms with Gasteiger partial charge < -0.3 is 19.8 Å². The van der Waals surface area contributed by atoms with E-state index in [4.69, 9.17) is 4.74 Å². The highest BCUT2D eigenvalue weighted by Gasteiger charge is 2.39. The standard InChI is InChI=1S/C27H27FN6O5/c1-27(2,3)39-26(38)33-13-18-24(25(33)37)19(11-17(30-18)23-15(12-29)5-4-6-16(23)28)34-10-8-22(31-34)32-9-7-20(35)21(36)14-32/h4-6,8,10-11,20-21,35-36H,7,9,13-14H2,1-3H3/t20-,21+/m1/s1. The Bertz CT molecular complexity index is 1510. The zero-order chi connectivity index (χ0) is 28.1. The van der Waals surface area contributed by atoms with Crippen molar-refractivity contribution in [3.63, 3.8) is 0 Å². The van der Waals surface area contributed by atoms with Crippen LogP contribution < -0.4 is 4.90 Å². The average molecular weight is 535 g/mol. The minimum absolute atomic E-state index is 0.0345.